The van der Waals surface area contributed by atoms with E-state index in [9.17, 15) is 4.79 Å². The Morgan fingerprint density at radius 3 is 2.57 bits per heavy atom. The minimum atomic E-state index is -0.281. The first-order chi connectivity index (χ1) is 13.7. The number of hydrogen-bond acceptors (Lipinski definition) is 7. The van der Waals surface area contributed by atoms with Gasteiger partial charge in [-0.2, -0.15) is 0 Å². The SMILES string of the molecule is COc1ccc(-c2cc(COC(=O)CSCc3ccccc3)no2)cc1OC. The number of ether oxygens (including phenoxy) is 3. The number of esters is 1. The predicted molar refractivity (Wildman–Crippen MR) is 107 cm³/mol. The summed E-state index contributed by atoms with van der Waals surface area (Å²) in [7, 11) is 3.15. The molecule has 0 N–H and O–H groups in total. The van der Waals surface area contributed by atoms with Gasteiger partial charge in [-0.15, -0.1) is 11.8 Å². The maximum Gasteiger partial charge on any atom is 0.316 e. The molecule has 28 heavy (non-hydrogen) atoms. The largest absolute Gasteiger partial charge is 0.493 e. The van der Waals surface area contributed by atoms with Crippen LogP contribution in [-0.2, 0) is 21.9 Å². The molecular formula is C21H21NO5S. The quantitative estimate of drug-likeness (QED) is 0.496. The number of hydrogen-bond donors (Lipinski definition) is 0. The number of carbonyl (C=O) groups excluding carboxylic acids is 1. The van der Waals surface area contributed by atoms with Gasteiger partial charge in [0.15, 0.2) is 17.3 Å². The average Bonchev–Trinajstić information content (AvgIpc) is 3.21. The molecule has 1 aromatic heterocycles. The third kappa shape index (κ3) is 5.29. The van der Waals surface area contributed by atoms with Crippen molar-refractivity contribution in [2.75, 3.05) is 20.0 Å². The molecule has 6 nitrogen and oxygen atoms in total. The molecule has 0 bridgehead atoms. The molecule has 0 saturated heterocycles. The second-order valence-electron chi connectivity index (χ2n) is 5.89. The Labute approximate surface area is 167 Å². The van der Waals surface area contributed by atoms with Gasteiger partial charge in [-0.1, -0.05) is 35.5 Å². The molecule has 2 aromatic carbocycles. The molecule has 7 heteroatoms. The minimum Gasteiger partial charge on any atom is -0.493 e. The zero-order valence-electron chi connectivity index (χ0n) is 15.7. The van der Waals surface area contributed by atoms with Gasteiger partial charge in [0.25, 0.3) is 0 Å². The van der Waals surface area contributed by atoms with Crippen LogP contribution in [0, 0.1) is 0 Å². The van der Waals surface area contributed by atoms with Crippen LogP contribution in [0.15, 0.2) is 59.1 Å². The summed E-state index contributed by atoms with van der Waals surface area (Å²) in [5.74, 6) is 2.56. The van der Waals surface area contributed by atoms with Gasteiger partial charge >= 0.3 is 5.97 Å². The van der Waals surface area contributed by atoms with Crippen LogP contribution in [0.4, 0.5) is 0 Å². The summed E-state index contributed by atoms with van der Waals surface area (Å²) >= 11 is 1.52. The number of benzene rings is 2. The third-order valence-electron chi connectivity index (χ3n) is 3.94. The third-order valence-corrected chi connectivity index (χ3v) is 4.92. The van der Waals surface area contributed by atoms with Gasteiger partial charge < -0.3 is 18.7 Å². The molecule has 0 atom stereocenters. The van der Waals surface area contributed by atoms with Gasteiger partial charge in [-0.25, -0.2) is 0 Å². The van der Waals surface area contributed by atoms with Gasteiger partial charge in [0, 0.05) is 17.4 Å². The molecule has 0 aliphatic rings. The Morgan fingerprint density at radius 1 is 1.04 bits per heavy atom. The minimum absolute atomic E-state index is 0.0710. The number of carbonyl (C=O) groups is 1. The van der Waals surface area contributed by atoms with E-state index in [1.165, 1.54) is 17.3 Å². The zero-order valence-corrected chi connectivity index (χ0v) is 16.5. The van der Waals surface area contributed by atoms with Gasteiger partial charge in [-0.05, 0) is 23.8 Å². The molecule has 0 unspecified atom stereocenters. The highest BCUT2D eigenvalue weighted by Gasteiger charge is 2.12. The number of thioether (sulfide) groups is 1. The van der Waals surface area contributed by atoms with E-state index in [0.29, 0.717) is 23.0 Å². The monoisotopic (exact) mass is 399 g/mol. The second kappa shape index (κ2) is 9.85. The van der Waals surface area contributed by atoms with Gasteiger partial charge in [-0.3, -0.25) is 4.79 Å². The van der Waals surface area contributed by atoms with Crippen LogP contribution in [0.5, 0.6) is 11.5 Å². The molecule has 0 spiro atoms. The molecular weight excluding hydrogens is 378 g/mol. The number of aromatic nitrogens is 1. The van der Waals surface area contributed by atoms with Crippen molar-refractivity contribution >= 4 is 17.7 Å². The second-order valence-corrected chi connectivity index (χ2v) is 6.88. The fraction of sp³-hybridized carbons (Fsp3) is 0.238. The molecule has 146 valence electrons. The van der Waals surface area contributed by atoms with E-state index in [2.05, 4.69) is 5.16 Å². The highest BCUT2D eigenvalue weighted by Crippen LogP contribution is 2.32. The van der Waals surface area contributed by atoms with E-state index in [1.54, 1.807) is 32.4 Å². The van der Waals surface area contributed by atoms with E-state index in [1.807, 2.05) is 36.4 Å². The van der Waals surface area contributed by atoms with Crippen LogP contribution in [0.3, 0.4) is 0 Å². The van der Waals surface area contributed by atoms with Crippen molar-refractivity contribution in [2.45, 2.75) is 12.4 Å². The Balaban J connectivity index is 1.50. The fourth-order valence-corrected chi connectivity index (χ4v) is 3.31. The highest BCUT2D eigenvalue weighted by molar-refractivity contribution is 7.99. The van der Waals surface area contributed by atoms with Crippen LogP contribution in [0.25, 0.3) is 11.3 Å². The van der Waals surface area contributed by atoms with Crippen molar-refractivity contribution in [3.63, 3.8) is 0 Å². The highest BCUT2D eigenvalue weighted by atomic mass is 32.2. The molecule has 0 fully saturated rings. The first-order valence-electron chi connectivity index (χ1n) is 8.65. The molecule has 0 aliphatic carbocycles. The summed E-state index contributed by atoms with van der Waals surface area (Å²) in [5, 5.41) is 3.96. The van der Waals surface area contributed by atoms with Crippen molar-refractivity contribution < 1.29 is 23.5 Å². The molecule has 1 heterocycles. The summed E-state index contributed by atoms with van der Waals surface area (Å²) in [6, 6.07) is 17.2. The van der Waals surface area contributed by atoms with E-state index >= 15 is 0 Å². The number of rotatable bonds is 9. The standard InChI is InChI=1S/C21H21NO5S/c1-24-18-9-8-16(10-20(18)25-2)19-11-17(22-27-19)12-26-21(23)14-28-13-15-6-4-3-5-7-15/h3-11H,12-14H2,1-2H3. The number of methoxy groups -OCH3 is 2. The van der Waals surface area contributed by atoms with E-state index in [-0.39, 0.29) is 18.3 Å². The molecule has 0 radical (unpaired) electrons. The van der Waals surface area contributed by atoms with Crippen LogP contribution in [0.1, 0.15) is 11.3 Å². The molecule has 0 amide bonds. The molecule has 3 aromatic rings. The molecule has 0 saturated carbocycles. The van der Waals surface area contributed by atoms with E-state index in [4.69, 9.17) is 18.7 Å². The molecule has 3 rings (SSSR count). The van der Waals surface area contributed by atoms with Crippen LogP contribution < -0.4 is 9.47 Å². The Kier molecular flexibility index (Phi) is 6.97. The summed E-state index contributed by atoms with van der Waals surface area (Å²) in [6.07, 6.45) is 0. The predicted octanol–water partition coefficient (Wildman–Crippen LogP) is 4.34. The van der Waals surface area contributed by atoms with Crippen molar-refractivity contribution in [3.05, 3.63) is 65.9 Å². The Hall–Kier alpha value is -2.93. The van der Waals surface area contributed by atoms with Crippen molar-refractivity contribution in [2.24, 2.45) is 0 Å². The lowest BCUT2D eigenvalue weighted by atomic mass is 10.1. The Bertz CT molecular complexity index is 910. The van der Waals surface area contributed by atoms with Crippen LogP contribution in [0.2, 0.25) is 0 Å². The van der Waals surface area contributed by atoms with Crippen LogP contribution >= 0.6 is 11.8 Å². The van der Waals surface area contributed by atoms with Crippen molar-refractivity contribution in [1.29, 1.82) is 0 Å². The summed E-state index contributed by atoms with van der Waals surface area (Å²) < 4.78 is 21.1. The van der Waals surface area contributed by atoms with Gasteiger partial charge in [0.2, 0.25) is 0 Å². The summed E-state index contributed by atoms with van der Waals surface area (Å²) in [5.41, 5.74) is 2.52. The Morgan fingerprint density at radius 2 is 1.82 bits per heavy atom. The lowest BCUT2D eigenvalue weighted by Gasteiger charge is -2.07. The fourth-order valence-electron chi connectivity index (χ4n) is 2.53. The summed E-state index contributed by atoms with van der Waals surface area (Å²) in [6.45, 7) is 0.0710. The summed E-state index contributed by atoms with van der Waals surface area (Å²) in [4.78, 5) is 11.9. The first-order valence-corrected chi connectivity index (χ1v) is 9.80. The van der Waals surface area contributed by atoms with Gasteiger partial charge in [0.05, 0.1) is 20.0 Å². The topological polar surface area (TPSA) is 70.8 Å². The lowest BCUT2D eigenvalue weighted by Crippen LogP contribution is -2.07. The van der Waals surface area contributed by atoms with E-state index < -0.39 is 0 Å². The van der Waals surface area contributed by atoms with Gasteiger partial charge in [0.1, 0.15) is 12.3 Å². The normalized spacial score (nSPS) is 10.5. The maximum atomic E-state index is 11.9. The molecule has 0 aliphatic heterocycles. The average molecular weight is 399 g/mol. The first kappa shape index (κ1) is 19.8. The van der Waals surface area contributed by atoms with Crippen molar-refractivity contribution in [3.8, 4) is 22.8 Å². The van der Waals surface area contributed by atoms with Crippen molar-refractivity contribution in [1.82, 2.24) is 5.16 Å². The number of nitrogens with zero attached hydrogens (tertiary/aromatic N) is 1. The van der Waals surface area contributed by atoms with E-state index in [0.717, 1.165) is 11.3 Å². The van der Waals surface area contributed by atoms with Crippen LogP contribution in [-0.4, -0.2) is 31.1 Å². The maximum absolute atomic E-state index is 11.9. The smallest absolute Gasteiger partial charge is 0.316 e. The zero-order chi connectivity index (χ0) is 19.8. The lowest BCUT2D eigenvalue weighted by molar-refractivity contribution is -0.141.